The maximum atomic E-state index is 13.6. The number of hydrogen-bond acceptors (Lipinski definition) is 4. The summed E-state index contributed by atoms with van der Waals surface area (Å²) < 4.78 is 41.3. The van der Waals surface area contributed by atoms with Gasteiger partial charge in [-0.2, -0.15) is 0 Å². The molecule has 1 saturated heterocycles. The highest BCUT2D eigenvalue weighted by atomic mass is 19.4. The summed E-state index contributed by atoms with van der Waals surface area (Å²) in [5, 5.41) is 0.753. The van der Waals surface area contributed by atoms with E-state index in [0.29, 0.717) is 17.6 Å². The van der Waals surface area contributed by atoms with E-state index in [-0.39, 0.29) is 11.6 Å². The number of nitrogens with zero attached hydrogens (tertiary/aromatic N) is 3. The summed E-state index contributed by atoms with van der Waals surface area (Å²) in [7, 11) is 0. The van der Waals surface area contributed by atoms with Crippen molar-refractivity contribution < 1.29 is 27.5 Å². The number of rotatable bonds is 3. The summed E-state index contributed by atoms with van der Waals surface area (Å²) in [4.78, 5) is 33.9. The number of anilines is 2. The Balaban J connectivity index is 1.58. The smallest absolute Gasteiger partial charge is 0.406 e. The topological polar surface area (TPSA) is 62.7 Å². The second-order valence-corrected chi connectivity index (χ2v) is 8.18. The molecule has 5 rings (SSSR count). The molecule has 32 heavy (non-hydrogen) atoms. The normalized spacial score (nSPS) is 22.8. The summed E-state index contributed by atoms with van der Waals surface area (Å²) in [6.45, 7) is 3.83. The van der Waals surface area contributed by atoms with Crippen molar-refractivity contribution in [3.63, 3.8) is 0 Å². The minimum absolute atomic E-state index is 0.0650. The molecular weight excluding hydrogens is 423 g/mol. The monoisotopic (exact) mass is 441 g/mol. The molecule has 1 aromatic heterocycles. The molecule has 3 aromatic rings. The number of halogens is 3. The molecular formula is C23H18F3N3O3. The number of pyridine rings is 1. The second kappa shape index (κ2) is 6.69. The van der Waals surface area contributed by atoms with Crippen LogP contribution in [0.4, 0.5) is 29.3 Å². The van der Waals surface area contributed by atoms with Crippen LogP contribution in [0.1, 0.15) is 18.9 Å². The van der Waals surface area contributed by atoms with Crippen molar-refractivity contribution in [2.75, 3.05) is 9.80 Å². The largest absolute Gasteiger partial charge is 0.573 e. The van der Waals surface area contributed by atoms with Crippen molar-refractivity contribution >= 4 is 34.2 Å². The molecule has 2 atom stereocenters. The fraction of sp³-hybridized carbons (Fsp3) is 0.261. The molecule has 2 fully saturated rings. The number of ether oxygens (including phenoxy) is 1. The van der Waals surface area contributed by atoms with Crippen molar-refractivity contribution in [3.8, 4) is 5.75 Å². The zero-order valence-electron chi connectivity index (χ0n) is 17.2. The number of hydrogen-bond donors (Lipinski definition) is 0. The molecule has 0 radical (unpaired) electrons. The Morgan fingerprint density at radius 2 is 1.78 bits per heavy atom. The van der Waals surface area contributed by atoms with Gasteiger partial charge < -0.3 is 4.74 Å². The summed E-state index contributed by atoms with van der Waals surface area (Å²) in [5.41, 5.74) is 1.44. The van der Waals surface area contributed by atoms with Crippen LogP contribution in [-0.4, -0.2) is 28.8 Å². The lowest BCUT2D eigenvalue weighted by Crippen LogP contribution is -2.39. The summed E-state index contributed by atoms with van der Waals surface area (Å²) in [5.74, 6) is -0.885. The summed E-state index contributed by atoms with van der Waals surface area (Å²) in [6, 6.07) is 11.6. The standard InChI is InChI=1S/C23H18F3N3O3/c1-13-3-8-18-17(11-13)19(9-10-27-18)29-21(31)28(20(30)22(29)12-14(22)2)15-4-6-16(7-5-15)32-23(24,25)26/h3-11,14H,12H2,1-2H3. The van der Waals surface area contributed by atoms with Gasteiger partial charge in [0.05, 0.1) is 16.9 Å². The number of imide groups is 1. The molecule has 6 nitrogen and oxygen atoms in total. The van der Waals surface area contributed by atoms with Gasteiger partial charge in [-0.15, -0.1) is 13.2 Å². The molecule has 0 bridgehead atoms. The fourth-order valence-corrected chi connectivity index (χ4v) is 4.45. The molecule has 9 heteroatoms. The lowest BCUT2D eigenvalue weighted by molar-refractivity contribution is -0.274. The quantitative estimate of drug-likeness (QED) is 0.525. The highest BCUT2D eigenvalue weighted by Crippen LogP contribution is 2.56. The maximum Gasteiger partial charge on any atom is 0.573 e. The Morgan fingerprint density at radius 3 is 2.41 bits per heavy atom. The van der Waals surface area contributed by atoms with Crippen LogP contribution in [-0.2, 0) is 4.79 Å². The Hall–Kier alpha value is -3.62. The van der Waals surface area contributed by atoms with E-state index < -0.39 is 29.6 Å². The molecule has 1 aliphatic heterocycles. The van der Waals surface area contributed by atoms with Crippen LogP contribution < -0.4 is 14.5 Å². The number of urea groups is 1. The fourth-order valence-electron chi connectivity index (χ4n) is 4.45. The third kappa shape index (κ3) is 2.99. The van der Waals surface area contributed by atoms with E-state index in [1.165, 1.54) is 17.0 Å². The highest BCUT2D eigenvalue weighted by molar-refractivity contribution is 6.32. The van der Waals surface area contributed by atoms with Gasteiger partial charge in [0, 0.05) is 11.6 Å². The number of alkyl halides is 3. The first-order chi connectivity index (χ1) is 15.1. The molecule has 1 aliphatic carbocycles. The van der Waals surface area contributed by atoms with Gasteiger partial charge >= 0.3 is 12.4 Å². The number of carbonyl (C=O) groups is 2. The van der Waals surface area contributed by atoms with Gasteiger partial charge in [-0.3, -0.25) is 14.7 Å². The Bertz CT molecular complexity index is 1260. The molecule has 0 N–H and O–H groups in total. The van der Waals surface area contributed by atoms with Gasteiger partial charge in [0.1, 0.15) is 11.3 Å². The predicted octanol–water partition coefficient (Wildman–Crippen LogP) is 5.19. The van der Waals surface area contributed by atoms with Gasteiger partial charge in [-0.05, 0) is 61.7 Å². The minimum Gasteiger partial charge on any atom is -0.406 e. The van der Waals surface area contributed by atoms with Gasteiger partial charge in [0.2, 0.25) is 0 Å². The number of amides is 3. The van der Waals surface area contributed by atoms with Gasteiger partial charge in [0.25, 0.3) is 5.91 Å². The lowest BCUT2D eigenvalue weighted by atomic mass is 10.1. The third-order valence-corrected chi connectivity index (χ3v) is 6.07. The van der Waals surface area contributed by atoms with Crippen LogP contribution in [0.2, 0.25) is 0 Å². The van der Waals surface area contributed by atoms with Crippen molar-refractivity contribution in [2.45, 2.75) is 32.2 Å². The second-order valence-electron chi connectivity index (χ2n) is 8.18. The molecule has 2 aliphatic rings. The van der Waals surface area contributed by atoms with Crippen LogP contribution in [0.25, 0.3) is 10.9 Å². The predicted molar refractivity (Wildman–Crippen MR) is 111 cm³/mol. The molecule has 1 spiro atoms. The van der Waals surface area contributed by atoms with Crippen LogP contribution >= 0.6 is 0 Å². The minimum atomic E-state index is -4.83. The number of aryl methyl sites for hydroxylation is 1. The average molecular weight is 441 g/mol. The van der Waals surface area contributed by atoms with E-state index in [1.54, 1.807) is 12.3 Å². The van der Waals surface area contributed by atoms with Crippen LogP contribution in [0.5, 0.6) is 5.75 Å². The van der Waals surface area contributed by atoms with Gasteiger partial charge in [0.15, 0.2) is 0 Å². The first kappa shape index (κ1) is 20.3. The molecule has 2 unspecified atom stereocenters. The number of carbonyl (C=O) groups excluding carboxylic acids is 2. The molecule has 164 valence electrons. The zero-order chi connectivity index (χ0) is 22.8. The van der Waals surface area contributed by atoms with Crippen molar-refractivity contribution in [1.29, 1.82) is 0 Å². The van der Waals surface area contributed by atoms with E-state index in [2.05, 4.69) is 9.72 Å². The third-order valence-electron chi connectivity index (χ3n) is 6.07. The summed E-state index contributed by atoms with van der Waals surface area (Å²) >= 11 is 0. The van der Waals surface area contributed by atoms with Crippen molar-refractivity contribution in [1.82, 2.24) is 4.98 Å². The lowest BCUT2D eigenvalue weighted by Gasteiger charge is -2.23. The first-order valence-electron chi connectivity index (χ1n) is 10.0. The van der Waals surface area contributed by atoms with Crippen LogP contribution in [0.15, 0.2) is 54.7 Å². The molecule has 3 amide bonds. The van der Waals surface area contributed by atoms with Gasteiger partial charge in [-0.25, -0.2) is 9.69 Å². The molecule has 1 saturated carbocycles. The SMILES string of the molecule is Cc1ccc2nccc(N3C(=O)N(c4ccc(OC(F)(F)F)cc4)C(=O)C34CC4C)c2c1. The maximum absolute atomic E-state index is 13.6. The number of benzene rings is 2. The van der Waals surface area contributed by atoms with Crippen molar-refractivity contribution in [2.24, 2.45) is 5.92 Å². The zero-order valence-corrected chi connectivity index (χ0v) is 17.2. The van der Waals surface area contributed by atoms with Crippen LogP contribution in [0.3, 0.4) is 0 Å². The van der Waals surface area contributed by atoms with E-state index >= 15 is 0 Å². The Kier molecular flexibility index (Phi) is 4.24. The molecule has 2 aromatic carbocycles. The molecule has 2 heterocycles. The average Bonchev–Trinajstić information content (AvgIpc) is 3.34. The number of fused-ring (bicyclic) bond motifs is 1. The first-order valence-corrected chi connectivity index (χ1v) is 10.0. The van der Waals surface area contributed by atoms with Crippen LogP contribution in [0, 0.1) is 12.8 Å². The van der Waals surface area contributed by atoms with E-state index in [1.807, 2.05) is 32.0 Å². The number of aromatic nitrogens is 1. The van der Waals surface area contributed by atoms with E-state index in [9.17, 15) is 22.8 Å². The van der Waals surface area contributed by atoms with E-state index in [0.717, 1.165) is 28.0 Å². The van der Waals surface area contributed by atoms with Crippen molar-refractivity contribution in [3.05, 3.63) is 60.3 Å². The summed E-state index contributed by atoms with van der Waals surface area (Å²) in [6.07, 6.45) is -2.73. The van der Waals surface area contributed by atoms with Gasteiger partial charge in [-0.1, -0.05) is 18.6 Å². The van der Waals surface area contributed by atoms with E-state index in [4.69, 9.17) is 0 Å². The Morgan fingerprint density at radius 1 is 1.09 bits per heavy atom. The highest BCUT2D eigenvalue weighted by Gasteiger charge is 2.70. The Labute approximate surface area is 181 Å².